The molecule has 2 aromatic rings. The van der Waals surface area contributed by atoms with Gasteiger partial charge in [0.05, 0.1) is 0 Å². The average molecular weight is 325 g/mol. The Morgan fingerprint density at radius 2 is 1.83 bits per heavy atom. The SMILES string of the molecule is CCCN1Cc2c(O)cccc2[C@H]2c3cc(O)c(O)cc3CC[C@@H]21. The molecule has 3 N–H and O–H groups in total. The van der Waals surface area contributed by atoms with E-state index >= 15 is 0 Å². The van der Waals surface area contributed by atoms with Gasteiger partial charge in [-0.1, -0.05) is 19.1 Å². The maximum atomic E-state index is 10.4. The lowest BCUT2D eigenvalue weighted by Gasteiger charge is -2.46. The van der Waals surface area contributed by atoms with Crippen LogP contribution in [0.4, 0.5) is 0 Å². The molecule has 1 aliphatic carbocycles. The molecule has 0 amide bonds. The summed E-state index contributed by atoms with van der Waals surface area (Å²) in [4.78, 5) is 2.46. The van der Waals surface area contributed by atoms with Crippen LogP contribution in [0.5, 0.6) is 17.2 Å². The molecule has 126 valence electrons. The lowest BCUT2D eigenvalue weighted by atomic mass is 9.71. The van der Waals surface area contributed by atoms with Gasteiger partial charge in [-0.3, -0.25) is 4.90 Å². The summed E-state index contributed by atoms with van der Waals surface area (Å²) in [6.45, 7) is 3.95. The second kappa shape index (κ2) is 5.71. The molecule has 2 aliphatic rings. The van der Waals surface area contributed by atoms with Crippen molar-refractivity contribution in [2.75, 3.05) is 6.54 Å². The quantitative estimate of drug-likeness (QED) is 0.740. The van der Waals surface area contributed by atoms with E-state index in [0.717, 1.165) is 54.6 Å². The number of fused-ring (bicyclic) bond motifs is 5. The van der Waals surface area contributed by atoms with E-state index in [2.05, 4.69) is 17.9 Å². The van der Waals surface area contributed by atoms with Gasteiger partial charge in [0.25, 0.3) is 0 Å². The van der Waals surface area contributed by atoms with Crippen LogP contribution in [0.2, 0.25) is 0 Å². The van der Waals surface area contributed by atoms with Crippen LogP contribution in [0.1, 0.15) is 47.9 Å². The predicted octanol–water partition coefficient (Wildman–Crippen LogP) is 3.48. The van der Waals surface area contributed by atoms with Crippen molar-refractivity contribution in [2.24, 2.45) is 0 Å². The van der Waals surface area contributed by atoms with Crippen molar-refractivity contribution >= 4 is 0 Å². The monoisotopic (exact) mass is 325 g/mol. The average Bonchev–Trinajstić information content (AvgIpc) is 2.57. The molecule has 0 unspecified atom stereocenters. The van der Waals surface area contributed by atoms with Gasteiger partial charge in [0.2, 0.25) is 0 Å². The molecule has 0 aromatic heterocycles. The highest BCUT2D eigenvalue weighted by atomic mass is 16.3. The highest BCUT2D eigenvalue weighted by Gasteiger charge is 2.40. The Bertz CT molecular complexity index is 787. The fourth-order valence-electron chi connectivity index (χ4n) is 4.50. The van der Waals surface area contributed by atoms with E-state index in [0.29, 0.717) is 11.8 Å². The zero-order valence-corrected chi connectivity index (χ0v) is 13.9. The highest BCUT2D eigenvalue weighted by molar-refractivity contribution is 5.55. The van der Waals surface area contributed by atoms with Crippen molar-refractivity contribution < 1.29 is 15.3 Å². The van der Waals surface area contributed by atoms with Crippen LogP contribution < -0.4 is 0 Å². The van der Waals surface area contributed by atoms with Crippen molar-refractivity contribution in [1.82, 2.24) is 4.90 Å². The fourth-order valence-corrected chi connectivity index (χ4v) is 4.50. The number of hydrogen-bond donors (Lipinski definition) is 3. The molecule has 2 aromatic carbocycles. The number of rotatable bonds is 2. The minimum absolute atomic E-state index is 0.0513. The molecule has 0 bridgehead atoms. The summed E-state index contributed by atoms with van der Waals surface area (Å²) in [5.74, 6) is 0.359. The standard InChI is InChI=1S/C20H23NO3/c1-2-8-21-11-15-13(4-3-5-17(15)22)20-14-10-19(24)18(23)9-12(14)6-7-16(20)21/h3-5,9-10,16,20,22-24H,2,6-8,11H2,1H3/t16-,20-/m0/s1. The third-order valence-electron chi connectivity index (χ3n) is 5.53. The number of benzene rings is 2. The molecule has 1 aliphatic heterocycles. The van der Waals surface area contributed by atoms with Gasteiger partial charge in [0, 0.05) is 24.1 Å². The molecule has 0 spiro atoms. The number of aryl methyl sites for hydroxylation is 1. The maximum absolute atomic E-state index is 10.4. The lowest BCUT2D eigenvalue weighted by molar-refractivity contribution is 0.139. The fraction of sp³-hybridized carbons (Fsp3) is 0.400. The molecule has 0 saturated heterocycles. The molecular formula is C20H23NO3. The molecule has 4 rings (SSSR count). The largest absolute Gasteiger partial charge is 0.508 e. The summed E-state index contributed by atoms with van der Waals surface area (Å²) < 4.78 is 0. The zero-order valence-electron chi connectivity index (χ0n) is 13.9. The highest BCUT2D eigenvalue weighted by Crippen LogP contribution is 2.48. The van der Waals surface area contributed by atoms with E-state index < -0.39 is 0 Å². The van der Waals surface area contributed by atoms with Gasteiger partial charge in [-0.05, 0) is 60.7 Å². The second-order valence-electron chi connectivity index (χ2n) is 6.94. The van der Waals surface area contributed by atoms with Crippen molar-refractivity contribution in [3.63, 3.8) is 0 Å². The van der Waals surface area contributed by atoms with E-state index in [1.54, 1.807) is 18.2 Å². The molecular weight excluding hydrogens is 302 g/mol. The van der Waals surface area contributed by atoms with Crippen LogP contribution in [0.3, 0.4) is 0 Å². The first kappa shape index (κ1) is 15.3. The van der Waals surface area contributed by atoms with Crippen LogP contribution in [-0.4, -0.2) is 32.8 Å². The first-order chi connectivity index (χ1) is 11.6. The topological polar surface area (TPSA) is 63.9 Å². The Balaban J connectivity index is 1.91. The Labute approximate surface area is 142 Å². The summed E-state index contributed by atoms with van der Waals surface area (Å²) in [5.41, 5.74) is 4.32. The van der Waals surface area contributed by atoms with E-state index in [4.69, 9.17) is 0 Å². The number of phenolic OH excluding ortho intramolecular Hbond substituents is 3. The minimum Gasteiger partial charge on any atom is -0.508 e. The first-order valence-electron chi connectivity index (χ1n) is 8.69. The van der Waals surface area contributed by atoms with Gasteiger partial charge >= 0.3 is 0 Å². The van der Waals surface area contributed by atoms with Gasteiger partial charge in [-0.15, -0.1) is 0 Å². The van der Waals surface area contributed by atoms with Crippen LogP contribution in [0.25, 0.3) is 0 Å². The summed E-state index contributed by atoms with van der Waals surface area (Å²) >= 11 is 0. The normalized spacial score (nSPS) is 22.5. The van der Waals surface area contributed by atoms with Gasteiger partial charge in [0.1, 0.15) is 5.75 Å². The van der Waals surface area contributed by atoms with Crippen LogP contribution in [-0.2, 0) is 13.0 Å². The van der Waals surface area contributed by atoms with Crippen molar-refractivity contribution in [3.8, 4) is 17.2 Å². The summed E-state index contributed by atoms with van der Waals surface area (Å²) in [6, 6.07) is 9.52. The minimum atomic E-state index is -0.0660. The first-order valence-corrected chi connectivity index (χ1v) is 8.69. The summed E-state index contributed by atoms with van der Waals surface area (Å²) in [5, 5.41) is 30.2. The summed E-state index contributed by atoms with van der Waals surface area (Å²) in [7, 11) is 0. The number of phenols is 3. The van der Waals surface area contributed by atoms with Crippen molar-refractivity contribution in [2.45, 2.75) is 44.7 Å². The van der Waals surface area contributed by atoms with Gasteiger partial charge in [-0.25, -0.2) is 0 Å². The Kier molecular flexibility index (Phi) is 3.65. The van der Waals surface area contributed by atoms with Crippen molar-refractivity contribution in [1.29, 1.82) is 0 Å². The number of nitrogens with zero attached hydrogens (tertiary/aromatic N) is 1. The van der Waals surface area contributed by atoms with Gasteiger partial charge in [0.15, 0.2) is 11.5 Å². The number of hydrogen-bond acceptors (Lipinski definition) is 4. The molecule has 0 radical (unpaired) electrons. The van der Waals surface area contributed by atoms with Gasteiger partial charge < -0.3 is 15.3 Å². The van der Waals surface area contributed by atoms with Crippen LogP contribution >= 0.6 is 0 Å². The summed E-state index contributed by atoms with van der Waals surface area (Å²) in [6.07, 6.45) is 3.00. The molecule has 2 atom stereocenters. The molecule has 24 heavy (non-hydrogen) atoms. The lowest BCUT2D eigenvalue weighted by Crippen LogP contribution is -2.46. The Morgan fingerprint density at radius 1 is 1.04 bits per heavy atom. The smallest absolute Gasteiger partial charge is 0.157 e. The van der Waals surface area contributed by atoms with Crippen LogP contribution in [0, 0.1) is 0 Å². The third kappa shape index (κ3) is 2.25. The van der Waals surface area contributed by atoms with E-state index in [9.17, 15) is 15.3 Å². The van der Waals surface area contributed by atoms with E-state index in [1.807, 2.05) is 6.07 Å². The molecule has 0 fully saturated rings. The van der Waals surface area contributed by atoms with Crippen molar-refractivity contribution in [3.05, 3.63) is 52.6 Å². The van der Waals surface area contributed by atoms with Crippen LogP contribution in [0.15, 0.2) is 30.3 Å². The molecule has 4 heteroatoms. The van der Waals surface area contributed by atoms with E-state index in [1.165, 1.54) is 0 Å². The Morgan fingerprint density at radius 3 is 2.62 bits per heavy atom. The maximum Gasteiger partial charge on any atom is 0.157 e. The van der Waals surface area contributed by atoms with E-state index in [-0.39, 0.29) is 17.4 Å². The molecule has 0 saturated carbocycles. The zero-order chi connectivity index (χ0) is 16.8. The van der Waals surface area contributed by atoms with Gasteiger partial charge in [-0.2, -0.15) is 0 Å². The number of aromatic hydroxyl groups is 3. The predicted molar refractivity (Wildman–Crippen MR) is 92.5 cm³/mol. The molecule has 1 heterocycles. The second-order valence-corrected chi connectivity index (χ2v) is 6.94. The third-order valence-corrected chi connectivity index (χ3v) is 5.53. The molecule has 4 nitrogen and oxygen atoms in total. The Hall–Kier alpha value is -2.20.